The Morgan fingerprint density at radius 3 is 3.11 bits per heavy atom. The van der Waals surface area contributed by atoms with E-state index in [1.165, 1.54) is 6.33 Å². The third-order valence-corrected chi connectivity index (χ3v) is 2.67. The van der Waals surface area contributed by atoms with E-state index in [4.69, 9.17) is 5.11 Å². The quantitative estimate of drug-likeness (QED) is 0.528. The van der Waals surface area contributed by atoms with Gasteiger partial charge in [0, 0.05) is 32.3 Å². The summed E-state index contributed by atoms with van der Waals surface area (Å²) in [5, 5.41) is 26.7. The third kappa shape index (κ3) is 4.76. The standard InChI is InChI=1S/C11H19N7O/c19-6-2-5-18-8-10(15-17-18)7-12-4-1-3-11-13-9-14-16-11/h8-9,12,19H,1-7H2,(H,13,14,16). The average Bonchev–Trinajstić information content (AvgIpc) is 3.07. The molecule has 2 heterocycles. The van der Waals surface area contributed by atoms with Gasteiger partial charge < -0.3 is 10.4 Å². The Morgan fingerprint density at radius 1 is 1.37 bits per heavy atom. The largest absolute Gasteiger partial charge is 0.396 e. The van der Waals surface area contributed by atoms with E-state index in [-0.39, 0.29) is 6.61 Å². The van der Waals surface area contributed by atoms with Crippen molar-refractivity contribution in [2.75, 3.05) is 13.2 Å². The molecule has 0 spiro atoms. The zero-order valence-corrected chi connectivity index (χ0v) is 10.8. The van der Waals surface area contributed by atoms with Crippen molar-refractivity contribution in [3.8, 4) is 0 Å². The molecule has 0 bridgehead atoms. The van der Waals surface area contributed by atoms with Gasteiger partial charge in [0.05, 0.1) is 5.69 Å². The smallest absolute Gasteiger partial charge is 0.137 e. The van der Waals surface area contributed by atoms with Gasteiger partial charge in [0.15, 0.2) is 0 Å². The Morgan fingerprint density at radius 2 is 2.32 bits per heavy atom. The van der Waals surface area contributed by atoms with Crippen LogP contribution in [-0.4, -0.2) is 48.4 Å². The lowest BCUT2D eigenvalue weighted by molar-refractivity contribution is 0.276. The second kappa shape index (κ2) is 7.59. The number of rotatable bonds is 9. The van der Waals surface area contributed by atoms with Crippen LogP contribution in [0, 0.1) is 0 Å². The summed E-state index contributed by atoms with van der Waals surface area (Å²) in [5.41, 5.74) is 0.914. The Hall–Kier alpha value is -1.80. The van der Waals surface area contributed by atoms with Crippen LogP contribution in [0.4, 0.5) is 0 Å². The van der Waals surface area contributed by atoms with Crippen molar-refractivity contribution in [2.45, 2.75) is 32.4 Å². The molecule has 8 nitrogen and oxygen atoms in total. The van der Waals surface area contributed by atoms with Crippen molar-refractivity contribution in [3.63, 3.8) is 0 Å². The highest BCUT2D eigenvalue weighted by Crippen LogP contribution is 1.95. The zero-order valence-electron chi connectivity index (χ0n) is 10.8. The lowest BCUT2D eigenvalue weighted by atomic mass is 10.3. The van der Waals surface area contributed by atoms with Crippen LogP contribution >= 0.6 is 0 Å². The van der Waals surface area contributed by atoms with Crippen molar-refractivity contribution >= 4 is 0 Å². The summed E-state index contributed by atoms with van der Waals surface area (Å²) in [7, 11) is 0. The van der Waals surface area contributed by atoms with Crippen molar-refractivity contribution in [1.82, 2.24) is 35.5 Å². The van der Waals surface area contributed by atoms with Gasteiger partial charge in [-0.05, 0) is 19.4 Å². The molecular formula is C11H19N7O. The maximum absolute atomic E-state index is 8.73. The molecule has 0 unspecified atom stereocenters. The molecule has 0 saturated carbocycles. The number of H-pyrrole nitrogens is 1. The predicted octanol–water partition coefficient (Wildman–Crippen LogP) is -0.499. The van der Waals surface area contributed by atoms with E-state index >= 15 is 0 Å². The fraction of sp³-hybridized carbons (Fsp3) is 0.636. The maximum atomic E-state index is 8.73. The molecule has 0 aliphatic carbocycles. The van der Waals surface area contributed by atoms with Crippen LogP contribution in [0.5, 0.6) is 0 Å². The summed E-state index contributed by atoms with van der Waals surface area (Å²) >= 11 is 0. The molecule has 0 radical (unpaired) electrons. The normalized spacial score (nSPS) is 11.0. The molecule has 0 atom stereocenters. The molecule has 0 aliphatic heterocycles. The topological polar surface area (TPSA) is 105 Å². The first-order valence-corrected chi connectivity index (χ1v) is 6.43. The number of aromatic amines is 1. The molecule has 0 fully saturated rings. The van der Waals surface area contributed by atoms with Crippen molar-refractivity contribution < 1.29 is 5.11 Å². The fourth-order valence-corrected chi connectivity index (χ4v) is 1.71. The third-order valence-electron chi connectivity index (χ3n) is 2.67. The van der Waals surface area contributed by atoms with E-state index in [1.54, 1.807) is 4.68 Å². The first-order chi connectivity index (χ1) is 9.38. The summed E-state index contributed by atoms with van der Waals surface area (Å²) in [4.78, 5) is 4.06. The molecule has 3 N–H and O–H groups in total. The lowest BCUT2D eigenvalue weighted by Gasteiger charge is -2.00. The molecule has 0 amide bonds. The summed E-state index contributed by atoms with van der Waals surface area (Å²) in [6.07, 6.45) is 6.00. The van der Waals surface area contributed by atoms with E-state index in [9.17, 15) is 0 Å². The van der Waals surface area contributed by atoms with E-state index in [2.05, 4.69) is 30.8 Å². The van der Waals surface area contributed by atoms with Crippen molar-refractivity contribution in [3.05, 3.63) is 24.0 Å². The van der Waals surface area contributed by atoms with Gasteiger partial charge in [-0.25, -0.2) is 4.98 Å². The molecule has 2 aromatic heterocycles. The summed E-state index contributed by atoms with van der Waals surface area (Å²) in [6.45, 7) is 2.48. The van der Waals surface area contributed by atoms with Gasteiger partial charge in [-0.1, -0.05) is 5.21 Å². The molecule has 104 valence electrons. The van der Waals surface area contributed by atoms with Gasteiger partial charge in [-0.2, -0.15) is 5.10 Å². The fourth-order valence-electron chi connectivity index (χ4n) is 1.71. The molecule has 2 aromatic rings. The molecular weight excluding hydrogens is 246 g/mol. The average molecular weight is 265 g/mol. The lowest BCUT2D eigenvalue weighted by Crippen LogP contribution is -2.15. The van der Waals surface area contributed by atoms with Gasteiger partial charge in [0.25, 0.3) is 0 Å². The zero-order chi connectivity index (χ0) is 13.3. The number of nitrogens with zero attached hydrogens (tertiary/aromatic N) is 5. The number of hydrogen-bond acceptors (Lipinski definition) is 6. The van der Waals surface area contributed by atoms with Gasteiger partial charge in [-0.15, -0.1) is 5.10 Å². The number of hydrogen-bond donors (Lipinski definition) is 3. The Bertz CT molecular complexity index is 453. The number of nitrogens with one attached hydrogen (secondary N) is 2. The van der Waals surface area contributed by atoms with Crippen LogP contribution in [0.1, 0.15) is 24.4 Å². The second-order valence-electron chi connectivity index (χ2n) is 4.26. The number of aryl methyl sites for hydroxylation is 2. The summed E-state index contributed by atoms with van der Waals surface area (Å²) in [6, 6.07) is 0. The molecule has 2 rings (SSSR count). The molecule has 8 heteroatoms. The molecule has 19 heavy (non-hydrogen) atoms. The minimum absolute atomic E-state index is 0.176. The van der Waals surface area contributed by atoms with Gasteiger partial charge in [0.2, 0.25) is 0 Å². The van der Waals surface area contributed by atoms with Crippen LogP contribution in [0.25, 0.3) is 0 Å². The van der Waals surface area contributed by atoms with Crippen molar-refractivity contribution in [2.24, 2.45) is 0 Å². The Kier molecular flexibility index (Phi) is 5.45. The van der Waals surface area contributed by atoms with E-state index < -0.39 is 0 Å². The Labute approximate surface area is 111 Å². The number of aromatic nitrogens is 6. The highest BCUT2D eigenvalue weighted by molar-refractivity contribution is 4.91. The van der Waals surface area contributed by atoms with Crippen LogP contribution < -0.4 is 5.32 Å². The highest BCUT2D eigenvalue weighted by Gasteiger charge is 2.00. The van der Waals surface area contributed by atoms with E-state index in [1.807, 2.05) is 6.20 Å². The maximum Gasteiger partial charge on any atom is 0.137 e. The second-order valence-corrected chi connectivity index (χ2v) is 4.26. The summed E-state index contributed by atoms with van der Waals surface area (Å²) in [5.74, 6) is 0.914. The summed E-state index contributed by atoms with van der Waals surface area (Å²) < 4.78 is 1.75. The van der Waals surface area contributed by atoms with E-state index in [0.29, 0.717) is 19.5 Å². The van der Waals surface area contributed by atoms with Crippen LogP contribution in [0.2, 0.25) is 0 Å². The highest BCUT2D eigenvalue weighted by atomic mass is 16.3. The van der Waals surface area contributed by atoms with Gasteiger partial charge >= 0.3 is 0 Å². The first kappa shape index (κ1) is 13.6. The number of aliphatic hydroxyl groups is 1. The monoisotopic (exact) mass is 265 g/mol. The van der Waals surface area contributed by atoms with Crippen LogP contribution in [-0.2, 0) is 19.5 Å². The van der Waals surface area contributed by atoms with Gasteiger partial charge in [-0.3, -0.25) is 9.78 Å². The SMILES string of the molecule is OCCCn1cc(CNCCCc2ncn[nH]2)nn1. The first-order valence-electron chi connectivity index (χ1n) is 6.43. The van der Waals surface area contributed by atoms with Crippen LogP contribution in [0.3, 0.4) is 0 Å². The predicted molar refractivity (Wildman–Crippen MR) is 68.1 cm³/mol. The Balaban J connectivity index is 1.58. The molecule has 0 aromatic carbocycles. The molecule has 0 saturated heterocycles. The van der Waals surface area contributed by atoms with Gasteiger partial charge in [0.1, 0.15) is 12.2 Å². The minimum Gasteiger partial charge on any atom is -0.396 e. The van der Waals surface area contributed by atoms with Crippen molar-refractivity contribution in [1.29, 1.82) is 0 Å². The molecule has 0 aliphatic rings. The van der Waals surface area contributed by atoms with E-state index in [0.717, 1.165) is 30.9 Å². The number of aliphatic hydroxyl groups excluding tert-OH is 1. The van der Waals surface area contributed by atoms with Crippen LogP contribution in [0.15, 0.2) is 12.5 Å². The minimum atomic E-state index is 0.176.